The van der Waals surface area contributed by atoms with E-state index in [0.29, 0.717) is 13.1 Å². The maximum absolute atomic E-state index is 12.2. The zero-order valence-electron chi connectivity index (χ0n) is 24.0. The van der Waals surface area contributed by atoms with E-state index in [1.807, 2.05) is 48.5 Å². The van der Waals surface area contributed by atoms with Gasteiger partial charge in [-0.15, -0.1) is 24.8 Å². The van der Waals surface area contributed by atoms with Gasteiger partial charge in [-0.05, 0) is 37.1 Å². The van der Waals surface area contributed by atoms with Gasteiger partial charge in [0.1, 0.15) is 11.7 Å². The third kappa shape index (κ3) is 12.2. The lowest BCUT2D eigenvalue weighted by molar-refractivity contribution is 0.251. The lowest BCUT2D eigenvalue weighted by Crippen LogP contribution is -2.29. The fourth-order valence-corrected chi connectivity index (χ4v) is 4.74. The molecule has 0 spiro atoms. The van der Waals surface area contributed by atoms with Crippen LogP contribution in [0.1, 0.15) is 62.5 Å². The first-order valence-corrected chi connectivity index (χ1v) is 14.5. The molecule has 2 aliphatic heterocycles. The molecule has 2 aromatic carbocycles. The molecule has 0 radical (unpaired) electrons. The number of nitrogens with one attached hydrogen (secondary N) is 6. The van der Waals surface area contributed by atoms with Crippen LogP contribution >= 0.6 is 24.8 Å². The van der Waals surface area contributed by atoms with Gasteiger partial charge in [0.2, 0.25) is 0 Å². The molecule has 230 valence electrons. The average molecular weight is 620 g/mol. The number of urea groups is 2. The van der Waals surface area contributed by atoms with Crippen LogP contribution in [0.25, 0.3) is 0 Å². The summed E-state index contributed by atoms with van der Waals surface area (Å²) < 4.78 is 0. The molecule has 0 aromatic heterocycles. The van der Waals surface area contributed by atoms with E-state index in [1.54, 1.807) is 0 Å². The van der Waals surface area contributed by atoms with Crippen molar-refractivity contribution in [2.24, 2.45) is 9.98 Å². The highest BCUT2D eigenvalue weighted by Crippen LogP contribution is 2.14. The highest BCUT2D eigenvalue weighted by Gasteiger charge is 2.10. The molecule has 0 saturated carbocycles. The molecule has 0 fully saturated rings. The van der Waals surface area contributed by atoms with E-state index >= 15 is 0 Å². The van der Waals surface area contributed by atoms with Gasteiger partial charge in [0.05, 0.1) is 13.1 Å². The Hall–Kier alpha value is -3.50. The molecule has 0 unspecified atom stereocenters. The Labute approximate surface area is 261 Å². The molecule has 2 aromatic rings. The second-order valence-corrected chi connectivity index (χ2v) is 10.1. The number of rotatable bonds is 15. The van der Waals surface area contributed by atoms with Crippen molar-refractivity contribution in [1.82, 2.24) is 21.3 Å². The standard InChI is InChI=1S/C30H42N8O2.2ClH/c39-29(37-25-13-9-11-23(21-25)27-31-17-18-32-27)35-15-7-5-3-1-2-4-6-8-16-36-30(40)38-26-14-10-12-24(22-26)28-33-19-20-34-28;;/h9-14,21-22H,1-8,15-20H2,(H,31,32)(H,33,34)(H2,35,37,39)(H2,36,38,40);2*1H. The summed E-state index contributed by atoms with van der Waals surface area (Å²) in [5, 5.41) is 18.2. The van der Waals surface area contributed by atoms with Gasteiger partial charge in [0.15, 0.2) is 0 Å². The van der Waals surface area contributed by atoms with Crippen molar-refractivity contribution in [1.29, 1.82) is 0 Å². The van der Waals surface area contributed by atoms with Crippen LogP contribution in [-0.2, 0) is 0 Å². The highest BCUT2D eigenvalue weighted by molar-refractivity contribution is 6.02. The predicted molar refractivity (Wildman–Crippen MR) is 177 cm³/mol. The van der Waals surface area contributed by atoms with E-state index < -0.39 is 0 Å². The second kappa shape index (κ2) is 19.6. The van der Waals surface area contributed by atoms with E-state index in [1.165, 1.54) is 25.7 Å². The van der Waals surface area contributed by atoms with Gasteiger partial charge < -0.3 is 31.9 Å². The lowest BCUT2D eigenvalue weighted by Gasteiger charge is -2.10. The van der Waals surface area contributed by atoms with Crippen molar-refractivity contribution in [3.05, 3.63) is 59.7 Å². The number of benzene rings is 2. The smallest absolute Gasteiger partial charge is 0.319 e. The number of unbranched alkanes of at least 4 members (excludes halogenated alkanes) is 7. The summed E-state index contributed by atoms with van der Waals surface area (Å²) in [5.41, 5.74) is 3.50. The molecule has 0 atom stereocenters. The lowest BCUT2D eigenvalue weighted by atomic mass is 10.1. The Morgan fingerprint density at radius 3 is 1.40 bits per heavy atom. The van der Waals surface area contributed by atoms with E-state index in [0.717, 1.165) is 86.0 Å². The van der Waals surface area contributed by atoms with Crippen LogP contribution < -0.4 is 31.9 Å². The second-order valence-electron chi connectivity index (χ2n) is 10.1. The number of nitrogens with zero attached hydrogens (tertiary/aromatic N) is 2. The number of anilines is 2. The molecule has 2 heterocycles. The number of halogens is 2. The van der Waals surface area contributed by atoms with Gasteiger partial charge in [-0.25, -0.2) is 9.59 Å². The number of carbonyl (C=O) groups excluding carboxylic acids is 2. The van der Waals surface area contributed by atoms with Crippen LogP contribution in [0.4, 0.5) is 21.0 Å². The number of hydrogen-bond donors (Lipinski definition) is 6. The average Bonchev–Trinajstić information content (AvgIpc) is 3.69. The molecule has 0 aliphatic carbocycles. The summed E-state index contributed by atoms with van der Waals surface area (Å²) in [6.07, 6.45) is 8.88. The Kier molecular flexibility index (Phi) is 16.2. The molecule has 42 heavy (non-hydrogen) atoms. The number of amidine groups is 2. The van der Waals surface area contributed by atoms with Crippen LogP contribution in [0.2, 0.25) is 0 Å². The summed E-state index contributed by atoms with van der Waals surface area (Å²) in [6.45, 7) is 4.64. The topological polar surface area (TPSA) is 131 Å². The van der Waals surface area contributed by atoms with Crippen molar-refractivity contribution >= 4 is 59.9 Å². The normalized spacial score (nSPS) is 13.3. The maximum Gasteiger partial charge on any atom is 0.319 e. The van der Waals surface area contributed by atoms with Gasteiger partial charge in [-0.2, -0.15) is 0 Å². The Morgan fingerprint density at radius 1 is 0.619 bits per heavy atom. The van der Waals surface area contributed by atoms with Gasteiger partial charge in [0.25, 0.3) is 0 Å². The van der Waals surface area contributed by atoms with Gasteiger partial charge in [0, 0.05) is 48.7 Å². The summed E-state index contributed by atoms with van der Waals surface area (Å²) >= 11 is 0. The Bertz CT molecular complexity index is 1100. The van der Waals surface area contributed by atoms with Crippen molar-refractivity contribution in [2.45, 2.75) is 51.4 Å². The summed E-state index contributed by atoms with van der Waals surface area (Å²) in [6, 6.07) is 15.1. The molecule has 12 heteroatoms. The van der Waals surface area contributed by atoms with E-state index in [2.05, 4.69) is 41.9 Å². The first-order valence-electron chi connectivity index (χ1n) is 14.5. The van der Waals surface area contributed by atoms with Crippen LogP contribution in [0.5, 0.6) is 0 Å². The predicted octanol–water partition coefficient (Wildman–Crippen LogP) is 5.29. The maximum atomic E-state index is 12.2. The zero-order valence-corrected chi connectivity index (χ0v) is 25.7. The van der Waals surface area contributed by atoms with E-state index in [4.69, 9.17) is 0 Å². The SMILES string of the molecule is Cl.Cl.O=C(NCCCCCCCCCCNC(=O)Nc1cccc(C2=NCCN2)c1)Nc1cccc(C2=NCCN2)c1. The number of amides is 4. The third-order valence-electron chi connectivity index (χ3n) is 6.81. The Morgan fingerprint density at radius 2 is 1.02 bits per heavy atom. The van der Waals surface area contributed by atoms with Crippen molar-refractivity contribution in [2.75, 3.05) is 49.9 Å². The monoisotopic (exact) mass is 618 g/mol. The number of hydrogen-bond acceptors (Lipinski definition) is 6. The minimum absolute atomic E-state index is 0. The van der Waals surface area contributed by atoms with Crippen molar-refractivity contribution in [3.8, 4) is 0 Å². The third-order valence-corrected chi connectivity index (χ3v) is 6.81. The van der Waals surface area contributed by atoms with Crippen LogP contribution in [-0.4, -0.2) is 63.0 Å². The van der Waals surface area contributed by atoms with Crippen molar-refractivity contribution < 1.29 is 9.59 Å². The number of carbonyl (C=O) groups is 2. The molecule has 4 amide bonds. The summed E-state index contributed by atoms with van der Waals surface area (Å²) in [7, 11) is 0. The van der Waals surface area contributed by atoms with E-state index in [9.17, 15) is 9.59 Å². The quantitative estimate of drug-likeness (QED) is 0.151. The van der Waals surface area contributed by atoms with Crippen LogP contribution in [0, 0.1) is 0 Å². The largest absolute Gasteiger partial charge is 0.368 e. The van der Waals surface area contributed by atoms with Crippen LogP contribution in [0.15, 0.2) is 58.5 Å². The molecular weight excluding hydrogens is 575 g/mol. The molecule has 4 rings (SSSR count). The molecule has 2 aliphatic rings. The fraction of sp³-hybridized carbons (Fsp3) is 0.467. The van der Waals surface area contributed by atoms with Gasteiger partial charge >= 0.3 is 12.1 Å². The number of aliphatic imine (C=N–C) groups is 2. The molecular formula is C30H44Cl2N8O2. The fourth-order valence-electron chi connectivity index (χ4n) is 4.74. The van der Waals surface area contributed by atoms with Gasteiger partial charge in [-0.1, -0.05) is 62.8 Å². The highest BCUT2D eigenvalue weighted by atomic mass is 35.5. The first kappa shape index (κ1) is 34.7. The summed E-state index contributed by atoms with van der Waals surface area (Å²) in [5.74, 6) is 1.77. The zero-order chi connectivity index (χ0) is 27.8. The Balaban J connectivity index is 0.00000308. The molecule has 6 N–H and O–H groups in total. The van der Waals surface area contributed by atoms with Gasteiger partial charge in [-0.3, -0.25) is 9.98 Å². The van der Waals surface area contributed by atoms with Crippen LogP contribution in [0.3, 0.4) is 0 Å². The molecule has 0 saturated heterocycles. The minimum atomic E-state index is -0.175. The van der Waals surface area contributed by atoms with Crippen molar-refractivity contribution in [3.63, 3.8) is 0 Å². The minimum Gasteiger partial charge on any atom is -0.368 e. The summed E-state index contributed by atoms with van der Waals surface area (Å²) in [4.78, 5) is 33.2. The molecule has 10 nitrogen and oxygen atoms in total. The first-order chi connectivity index (χ1) is 19.7. The molecule has 0 bridgehead atoms. The van der Waals surface area contributed by atoms with E-state index in [-0.39, 0.29) is 36.9 Å².